The number of benzene rings is 3. The summed E-state index contributed by atoms with van der Waals surface area (Å²) in [4.78, 5) is 54.0. The van der Waals surface area contributed by atoms with E-state index in [1.807, 2.05) is 30.3 Å². The normalized spacial score (nSPS) is 13.3. The fourth-order valence-electron chi connectivity index (χ4n) is 3.96. The van der Waals surface area contributed by atoms with Crippen molar-refractivity contribution in [2.45, 2.75) is 12.5 Å². The van der Waals surface area contributed by atoms with Crippen molar-refractivity contribution in [3.05, 3.63) is 87.9 Å². The lowest BCUT2D eigenvalue weighted by molar-refractivity contribution is -0.139. The fourth-order valence-corrected chi connectivity index (χ4v) is 5.45. The van der Waals surface area contributed by atoms with Crippen LogP contribution in [0.5, 0.6) is 0 Å². The molecule has 0 aliphatic carbocycles. The molecule has 5 N–H and O–H groups in total. The molecule has 0 unspecified atom stereocenters. The van der Waals surface area contributed by atoms with Gasteiger partial charge in [0.05, 0.1) is 22.2 Å². The number of aliphatic carboxylic acids is 1. The van der Waals surface area contributed by atoms with Crippen LogP contribution in [0.15, 0.2) is 71.7 Å². The monoisotopic (exact) mass is 627 g/mol. The number of amidine groups is 1. The van der Waals surface area contributed by atoms with Crippen LogP contribution in [0.2, 0.25) is 10.0 Å². The van der Waals surface area contributed by atoms with Crippen LogP contribution in [0.1, 0.15) is 27.1 Å². The minimum Gasteiger partial charge on any atom is -0.480 e. The molecule has 1 heterocycles. The summed E-state index contributed by atoms with van der Waals surface area (Å²) < 4.78 is 0. The highest BCUT2D eigenvalue weighted by molar-refractivity contribution is 8.14. The quantitative estimate of drug-likeness (QED) is 0.225. The van der Waals surface area contributed by atoms with Gasteiger partial charge in [0, 0.05) is 30.1 Å². The number of nitrogens with zero attached hydrogens (tertiary/aromatic N) is 1. The molecule has 42 heavy (non-hydrogen) atoms. The lowest BCUT2D eigenvalue weighted by Crippen LogP contribution is -2.50. The van der Waals surface area contributed by atoms with Crippen molar-refractivity contribution in [1.29, 1.82) is 0 Å². The molecule has 1 aliphatic rings. The second-order valence-corrected chi connectivity index (χ2v) is 11.0. The van der Waals surface area contributed by atoms with E-state index in [4.69, 9.17) is 23.2 Å². The average molecular weight is 629 g/mol. The molecule has 10 nitrogen and oxygen atoms in total. The Morgan fingerprint density at radius 3 is 2.31 bits per heavy atom. The van der Waals surface area contributed by atoms with E-state index in [-0.39, 0.29) is 15.6 Å². The first-order valence-corrected chi connectivity index (χ1v) is 14.6. The number of carbonyl (C=O) groups is 4. The summed E-state index contributed by atoms with van der Waals surface area (Å²) >= 11 is 14.3. The Balaban J connectivity index is 1.30. The Hall–Kier alpha value is -4.06. The molecule has 0 aromatic heterocycles. The average Bonchev–Trinajstić information content (AvgIpc) is 2.98. The number of carboxylic acids is 1. The van der Waals surface area contributed by atoms with E-state index in [0.717, 1.165) is 29.4 Å². The van der Waals surface area contributed by atoms with Gasteiger partial charge < -0.3 is 26.4 Å². The van der Waals surface area contributed by atoms with Crippen LogP contribution >= 0.6 is 35.0 Å². The first-order valence-electron chi connectivity index (χ1n) is 12.9. The number of anilines is 1. The number of halogens is 2. The number of aliphatic imine (C=N–C) groups is 1. The molecule has 218 valence electrons. The van der Waals surface area contributed by atoms with Crippen LogP contribution in [0.25, 0.3) is 11.1 Å². The van der Waals surface area contributed by atoms with E-state index in [1.54, 1.807) is 48.2 Å². The number of nitrogens with one attached hydrogen (secondary N) is 4. The second kappa shape index (κ2) is 14.7. The van der Waals surface area contributed by atoms with Crippen LogP contribution in [0, 0.1) is 0 Å². The second-order valence-electron chi connectivity index (χ2n) is 9.13. The molecular formula is C29H27Cl2N5O5S. The Bertz CT molecular complexity index is 1500. The van der Waals surface area contributed by atoms with Gasteiger partial charge in [-0.2, -0.15) is 0 Å². The lowest BCUT2D eigenvalue weighted by Gasteiger charge is -2.17. The van der Waals surface area contributed by atoms with Gasteiger partial charge in [-0.25, -0.2) is 4.79 Å². The van der Waals surface area contributed by atoms with Crippen LogP contribution in [0.3, 0.4) is 0 Å². The third kappa shape index (κ3) is 8.48. The lowest BCUT2D eigenvalue weighted by atomic mass is 10.0. The van der Waals surface area contributed by atoms with E-state index in [0.29, 0.717) is 16.8 Å². The zero-order valence-electron chi connectivity index (χ0n) is 22.2. The number of thioether (sulfide) groups is 1. The molecule has 0 bridgehead atoms. The summed E-state index contributed by atoms with van der Waals surface area (Å²) in [6.07, 6.45) is 1.02. The van der Waals surface area contributed by atoms with Crippen molar-refractivity contribution in [3.63, 3.8) is 0 Å². The molecule has 1 atom stereocenters. The molecule has 0 radical (unpaired) electrons. The molecule has 13 heteroatoms. The van der Waals surface area contributed by atoms with Gasteiger partial charge in [0.15, 0.2) is 5.17 Å². The minimum atomic E-state index is -1.48. The van der Waals surface area contributed by atoms with E-state index in [2.05, 4.69) is 26.3 Å². The molecule has 3 amide bonds. The van der Waals surface area contributed by atoms with Gasteiger partial charge in [-0.1, -0.05) is 71.4 Å². The van der Waals surface area contributed by atoms with Crippen LogP contribution in [-0.2, 0) is 9.59 Å². The molecule has 0 fully saturated rings. The molecule has 1 aliphatic heterocycles. The molecule has 0 spiro atoms. The largest absolute Gasteiger partial charge is 0.480 e. The highest BCUT2D eigenvalue weighted by Crippen LogP contribution is 2.31. The van der Waals surface area contributed by atoms with Gasteiger partial charge in [-0.15, -0.1) is 0 Å². The molecule has 0 saturated heterocycles. The van der Waals surface area contributed by atoms with Crippen LogP contribution in [0.4, 0.5) is 5.69 Å². The van der Waals surface area contributed by atoms with Crippen molar-refractivity contribution in [3.8, 4) is 11.1 Å². The summed E-state index contributed by atoms with van der Waals surface area (Å²) in [5, 5.41) is 20.9. The van der Waals surface area contributed by atoms with Crippen LogP contribution in [-0.4, -0.2) is 65.4 Å². The number of rotatable bonds is 10. The molecule has 0 saturated carbocycles. The van der Waals surface area contributed by atoms with Gasteiger partial charge in [0.1, 0.15) is 6.04 Å². The van der Waals surface area contributed by atoms with Gasteiger partial charge in [0.2, 0.25) is 5.91 Å². The predicted octanol–water partition coefficient (Wildman–Crippen LogP) is 4.29. The standard InChI is InChI=1S/C29H27Cl2N5O5S/c30-21-13-19(17-6-2-1-3-7-17)14-22(31)25(21)27(39)36-23(28(40)41)15-33-24(37)16-34-26(38)18-8-4-9-20(12-18)35-29-32-10-5-11-42-29/h1-4,6-9,12-14,23H,5,10-11,15-16H2,(H,32,35)(H,33,37)(H,34,38)(H,36,39)(H,40,41)/t23-/m0/s1. The maximum atomic E-state index is 12.9. The summed E-state index contributed by atoms with van der Waals surface area (Å²) in [7, 11) is 0. The Labute approximate surface area is 256 Å². The molecule has 3 aromatic rings. The van der Waals surface area contributed by atoms with Crippen molar-refractivity contribution in [2.75, 3.05) is 30.7 Å². The molecule has 4 rings (SSSR count). The highest BCUT2D eigenvalue weighted by atomic mass is 35.5. The number of hydrogen-bond donors (Lipinski definition) is 5. The predicted molar refractivity (Wildman–Crippen MR) is 166 cm³/mol. The summed E-state index contributed by atoms with van der Waals surface area (Å²) in [5.74, 6) is -2.36. The Morgan fingerprint density at radius 2 is 1.64 bits per heavy atom. The number of carboxylic acid groups (broad SMARTS) is 1. The first-order chi connectivity index (χ1) is 20.2. The van der Waals surface area contributed by atoms with Crippen molar-refractivity contribution in [2.24, 2.45) is 4.99 Å². The minimum absolute atomic E-state index is 0.0412. The fraction of sp³-hybridized carbons (Fsp3) is 0.207. The van der Waals surface area contributed by atoms with Crippen LogP contribution < -0.4 is 21.3 Å². The Kier molecular flexibility index (Phi) is 10.8. The third-order valence-corrected chi connectivity index (χ3v) is 7.66. The zero-order chi connectivity index (χ0) is 30.1. The summed E-state index contributed by atoms with van der Waals surface area (Å²) in [5.41, 5.74) is 2.46. The zero-order valence-corrected chi connectivity index (χ0v) is 24.5. The molecule has 3 aromatic carbocycles. The van der Waals surface area contributed by atoms with E-state index in [1.165, 1.54) is 0 Å². The molecular weight excluding hydrogens is 601 g/mol. The number of carbonyl (C=O) groups excluding carboxylic acids is 3. The summed E-state index contributed by atoms with van der Waals surface area (Å²) in [6, 6.07) is 17.7. The maximum Gasteiger partial charge on any atom is 0.328 e. The SMILES string of the molecule is O=C(CNC(=O)c1cccc(NC2=NCCCS2)c1)NC[C@H](NC(=O)c1c(Cl)cc(-c2ccccc2)cc1Cl)C(=O)O. The van der Waals surface area contributed by atoms with Gasteiger partial charge >= 0.3 is 5.97 Å². The van der Waals surface area contributed by atoms with E-state index >= 15 is 0 Å². The van der Waals surface area contributed by atoms with E-state index in [9.17, 15) is 24.3 Å². The van der Waals surface area contributed by atoms with Gasteiger partial charge in [-0.05, 0) is 47.9 Å². The van der Waals surface area contributed by atoms with Gasteiger partial charge in [-0.3, -0.25) is 19.4 Å². The van der Waals surface area contributed by atoms with Crippen molar-refractivity contribution >= 4 is 69.5 Å². The maximum absolute atomic E-state index is 12.9. The van der Waals surface area contributed by atoms with Gasteiger partial charge in [0.25, 0.3) is 11.8 Å². The number of hydrogen-bond acceptors (Lipinski definition) is 7. The Morgan fingerprint density at radius 1 is 0.905 bits per heavy atom. The topological polar surface area (TPSA) is 149 Å². The van der Waals surface area contributed by atoms with Crippen molar-refractivity contribution < 1.29 is 24.3 Å². The highest BCUT2D eigenvalue weighted by Gasteiger charge is 2.25. The number of amides is 3. The smallest absolute Gasteiger partial charge is 0.328 e. The van der Waals surface area contributed by atoms with E-state index < -0.39 is 42.8 Å². The van der Waals surface area contributed by atoms with Crippen molar-refractivity contribution in [1.82, 2.24) is 16.0 Å². The summed E-state index contributed by atoms with van der Waals surface area (Å²) in [6.45, 7) is -0.0926. The first kappa shape index (κ1) is 30.9. The third-order valence-electron chi connectivity index (χ3n) is 6.07.